The van der Waals surface area contributed by atoms with Gasteiger partial charge in [0.1, 0.15) is 11.6 Å². The number of nitrogens with zero attached hydrogens (tertiary/aromatic N) is 2. The number of hydrogen-bond acceptors (Lipinski definition) is 3. The van der Waals surface area contributed by atoms with Crippen molar-refractivity contribution < 1.29 is 13.6 Å². The number of likely N-dealkylation sites (tertiary alicyclic amines) is 1. The summed E-state index contributed by atoms with van der Waals surface area (Å²) in [6.45, 7) is 9.47. The van der Waals surface area contributed by atoms with Crippen molar-refractivity contribution in [3.05, 3.63) is 95.2 Å². The number of hydrogen-bond donors (Lipinski definition) is 0. The number of amides is 1. The summed E-state index contributed by atoms with van der Waals surface area (Å²) < 4.78 is 19.0. The second-order valence-corrected chi connectivity index (χ2v) is 9.05. The van der Waals surface area contributed by atoms with Crippen molar-refractivity contribution in [2.75, 3.05) is 19.6 Å². The third-order valence-corrected chi connectivity index (χ3v) is 6.47. The third-order valence-electron chi connectivity index (χ3n) is 6.47. The van der Waals surface area contributed by atoms with Crippen LogP contribution in [-0.4, -0.2) is 41.4 Å². The molecule has 4 rings (SSSR count). The molecule has 0 unspecified atom stereocenters. The van der Waals surface area contributed by atoms with E-state index in [1.54, 1.807) is 18.4 Å². The van der Waals surface area contributed by atoms with Gasteiger partial charge in [-0.2, -0.15) is 0 Å². The molecule has 1 saturated heterocycles. The highest BCUT2D eigenvalue weighted by Crippen LogP contribution is 2.36. The van der Waals surface area contributed by atoms with E-state index in [1.165, 1.54) is 23.3 Å². The largest absolute Gasteiger partial charge is 0.468 e. The Morgan fingerprint density at radius 3 is 2.50 bits per heavy atom. The Labute approximate surface area is 189 Å². The van der Waals surface area contributed by atoms with Crippen molar-refractivity contribution in [3.63, 3.8) is 0 Å². The topological polar surface area (TPSA) is 36.7 Å². The second kappa shape index (κ2) is 9.70. The van der Waals surface area contributed by atoms with Crippen LogP contribution in [0.2, 0.25) is 0 Å². The molecule has 2 heterocycles. The van der Waals surface area contributed by atoms with E-state index in [0.717, 1.165) is 25.4 Å². The Kier molecular flexibility index (Phi) is 6.75. The SMILES string of the molecule is Cc1ccccc1[C@@H]1CN(Cc2ccco2)C[C@H]1CN(C(=O)c1ccc(F)cc1)C(C)C. The molecule has 168 valence electrons. The number of halogens is 1. The van der Waals surface area contributed by atoms with Gasteiger partial charge in [-0.3, -0.25) is 9.69 Å². The van der Waals surface area contributed by atoms with E-state index in [4.69, 9.17) is 4.42 Å². The molecule has 0 bridgehead atoms. The van der Waals surface area contributed by atoms with Crippen molar-refractivity contribution in [1.29, 1.82) is 0 Å². The summed E-state index contributed by atoms with van der Waals surface area (Å²) >= 11 is 0. The lowest BCUT2D eigenvalue weighted by Gasteiger charge is -2.32. The van der Waals surface area contributed by atoms with Crippen LogP contribution in [0.15, 0.2) is 71.3 Å². The number of furan rings is 1. The number of aryl methyl sites for hydroxylation is 1. The zero-order valence-electron chi connectivity index (χ0n) is 19.0. The Morgan fingerprint density at radius 2 is 1.84 bits per heavy atom. The molecule has 0 saturated carbocycles. The maximum absolute atomic E-state index is 13.4. The minimum Gasteiger partial charge on any atom is -0.468 e. The molecular weight excluding hydrogens is 403 g/mol. The average Bonchev–Trinajstić information content (AvgIpc) is 3.42. The summed E-state index contributed by atoms with van der Waals surface area (Å²) in [4.78, 5) is 17.7. The molecule has 1 amide bonds. The summed E-state index contributed by atoms with van der Waals surface area (Å²) in [6.07, 6.45) is 1.71. The number of benzene rings is 2. The third kappa shape index (κ3) is 4.94. The lowest BCUT2D eigenvalue weighted by molar-refractivity contribution is 0.0668. The fourth-order valence-corrected chi connectivity index (χ4v) is 4.79. The molecule has 1 aliphatic heterocycles. The maximum Gasteiger partial charge on any atom is 0.254 e. The van der Waals surface area contributed by atoms with Crippen LogP contribution in [0, 0.1) is 18.7 Å². The zero-order valence-corrected chi connectivity index (χ0v) is 19.0. The monoisotopic (exact) mass is 434 g/mol. The van der Waals surface area contributed by atoms with E-state index in [9.17, 15) is 9.18 Å². The Balaban J connectivity index is 1.58. The van der Waals surface area contributed by atoms with Gasteiger partial charge in [-0.25, -0.2) is 4.39 Å². The average molecular weight is 435 g/mol. The molecule has 0 N–H and O–H groups in total. The highest BCUT2D eigenvalue weighted by molar-refractivity contribution is 5.94. The quantitative estimate of drug-likeness (QED) is 0.493. The van der Waals surface area contributed by atoms with Gasteiger partial charge in [-0.1, -0.05) is 24.3 Å². The molecule has 3 aromatic rings. The van der Waals surface area contributed by atoms with Crippen LogP contribution in [0.4, 0.5) is 4.39 Å². The van der Waals surface area contributed by atoms with E-state index in [2.05, 4.69) is 36.1 Å². The van der Waals surface area contributed by atoms with Gasteiger partial charge >= 0.3 is 0 Å². The predicted molar refractivity (Wildman–Crippen MR) is 124 cm³/mol. The standard InChI is InChI=1S/C27H31FN2O2/c1-19(2)30(27(31)21-10-12-23(28)13-11-21)16-22-15-29(17-24-8-6-14-32-24)18-26(22)25-9-5-4-7-20(25)3/h4-14,19,22,26H,15-18H2,1-3H3/t22-,26+/m0/s1. The summed E-state index contributed by atoms with van der Waals surface area (Å²) in [6, 6.07) is 18.4. The minimum atomic E-state index is -0.332. The summed E-state index contributed by atoms with van der Waals surface area (Å²) in [7, 11) is 0. The van der Waals surface area contributed by atoms with Crippen LogP contribution < -0.4 is 0 Å². The fraction of sp³-hybridized carbons (Fsp3) is 0.370. The number of carbonyl (C=O) groups is 1. The number of rotatable bonds is 7. The van der Waals surface area contributed by atoms with Gasteiger partial charge in [0, 0.05) is 37.2 Å². The molecule has 2 atom stereocenters. The van der Waals surface area contributed by atoms with Crippen molar-refractivity contribution in [2.24, 2.45) is 5.92 Å². The lowest BCUT2D eigenvalue weighted by Crippen LogP contribution is -2.42. The van der Waals surface area contributed by atoms with Gasteiger partial charge < -0.3 is 9.32 Å². The molecule has 32 heavy (non-hydrogen) atoms. The Bertz CT molecular complexity index is 1030. The summed E-state index contributed by atoms with van der Waals surface area (Å²) in [5.41, 5.74) is 3.15. The van der Waals surface area contributed by atoms with Crippen molar-refractivity contribution >= 4 is 5.91 Å². The first-order valence-corrected chi connectivity index (χ1v) is 11.3. The molecular formula is C27H31FN2O2. The van der Waals surface area contributed by atoms with E-state index < -0.39 is 0 Å². The molecule has 1 fully saturated rings. The van der Waals surface area contributed by atoms with Crippen LogP contribution in [0.1, 0.15) is 47.0 Å². The van der Waals surface area contributed by atoms with Crippen molar-refractivity contribution in [2.45, 2.75) is 39.3 Å². The fourth-order valence-electron chi connectivity index (χ4n) is 4.79. The normalized spacial score (nSPS) is 18.9. The second-order valence-electron chi connectivity index (χ2n) is 9.05. The molecule has 5 heteroatoms. The van der Waals surface area contributed by atoms with E-state index in [1.807, 2.05) is 30.9 Å². The van der Waals surface area contributed by atoms with Crippen LogP contribution in [0.3, 0.4) is 0 Å². The first kappa shape index (κ1) is 22.3. The van der Waals surface area contributed by atoms with E-state index in [0.29, 0.717) is 18.0 Å². The Hall–Kier alpha value is -2.92. The molecule has 0 spiro atoms. The van der Waals surface area contributed by atoms with Crippen LogP contribution in [-0.2, 0) is 6.54 Å². The van der Waals surface area contributed by atoms with Crippen molar-refractivity contribution in [1.82, 2.24) is 9.80 Å². The molecule has 1 aliphatic rings. The minimum absolute atomic E-state index is 0.0456. The van der Waals surface area contributed by atoms with Crippen LogP contribution in [0.25, 0.3) is 0 Å². The maximum atomic E-state index is 13.4. The first-order chi connectivity index (χ1) is 15.4. The van der Waals surface area contributed by atoms with Crippen molar-refractivity contribution in [3.8, 4) is 0 Å². The molecule has 1 aromatic heterocycles. The number of carbonyl (C=O) groups excluding carboxylic acids is 1. The predicted octanol–water partition coefficient (Wildman–Crippen LogP) is 5.49. The van der Waals surface area contributed by atoms with E-state index >= 15 is 0 Å². The first-order valence-electron chi connectivity index (χ1n) is 11.3. The Morgan fingerprint density at radius 1 is 1.09 bits per heavy atom. The van der Waals surface area contributed by atoms with Gasteiger partial charge in [0.25, 0.3) is 5.91 Å². The van der Waals surface area contributed by atoms with Gasteiger partial charge in [-0.15, -0.1) is 0 Å². The molecule has 4 nitrogen and oxygen atoms in total. The van der Waals surface area contributed by atoms with Gasteiger partial charge in [0.05, 0.1) is 12.8 Å². The highest BCUT2D eigenvalue weighted by Gasteiger charge is 2.37. The van der Waals surface area contributed by atoms with Crippen LogP contribution >= 0.6 is 0 Å². The van der Waals surface area contributed by atoms with Crippen LogP contribution in [0.5, 0.6) is 0 Å². The highest BCUT2D eigenvalue weighted by atomic mass is 19.1. The lowest BCUT2D eigenvalue weighted by atomic mass is 9.86. The zero-order chi connectivity index (χ0) is 22.7. The molecule has 2 aromatic carbocycles. The molecule has 0 radical (unpaired) electrons. The van der Waals surface area contributed by atoms with E-state index in [-0.39, 0.29) is 23.7 Å². The molecule has 0 aliphatic carbocycles. The van der Waals surface area contributed by atoms with Gasteiger partial charge in [-0.05, 0) is 74.2 Å². The summed E-state index contributed by atoms with van der Waals surface area (Å²) in [5, 5.41) is 0. The van der Waals surface area contributed by atoms with Gasteiger partial charge in [0.15, 0.2) is 0 Å². The summed E-state index contributed by atoms with van der Waals surface area (Å²) in [5.74, 6) is 1.19. The smallest absolute Gasteiger partial charge is 0.254 e. The van der Waals surface area contributed by atoms with Gasteiger partial charge in [0.2, 0.25) is 0 Å².